The predicted molar refractivity (Wildman–Crippen MR) is 128 cm³/mol. The molecule has 0 aliphatic carbocycles. The van der Waals surface area contributed by atoms with Crippen molar-refractivity contribution in [2.24, 2.45) is 0 Å². The number of nitrogens with one attached hydrogen (secondary N) is 1. The van der Waals surface area contributed by atoms with Gasteiger partial charge in [-0.3, -0.25) is 19.3 Å². The predicted octanol–water partition coefficient (Wildman–Crippen LogP) is 4.94. The van der Waals surface area contributed by atoms with Crippen molar-refractivity contribution in [3.8, 4) is 11.3 Å². The van der Waals surface area contributed by atoms with Crippen LogP contribution in [0, 0.1) is 13.8 Å². The maximum Gasteiger partial charge on any atom is 0.335 e. The van der Waals surface area contributed by atoms with E-state index >= 15 is 0 Å². The van der Waals surface area contributed by atoms with Gasteiger partial charge in [0.1, 0.15) is 18.1 Å². The van der Waals surface area contributed by atoms with Crippen LogP contribution in [-0.4, -0.2) is 39.6 Å². The van der Waals surface area contributed by atoms with E-state index in [9.17, 15) is 19.2 Å². The minimum Gasteiger partial charge on any atom is -0.478 e. The first kappa shape index (κ1) is 23.1. The number of furan rings is 1. The van der Waals surface area contributed by atoms with Gasteiger partial charge in [-0.15, -0.1) is 0 Å². The van der Waals surface area contributed by atoms with Crippen molar-refractivity contribution in [1.82, 2.24) is 4.90 Å². The molecule has 172 valence electrons. The van der Waals surface area contributed by atoms with Crippen molar-refractivity contribution >= 4 is 46.5 Å². The van der Waals surface area contributed by atoms with E-state index in [4.69, 9.17) is 9.52 Å². The lowest BCUT2D eigenvalue weighted by Gasteiger charge is -2.14. The molecule has 2 heterocycles. The standard InChI is InChI=1S/C25H20N2O6S/c1-14-5-3-8-19(15(14)2)26-22(28)13-27-23(29)21(34-25(27)32)12-18-9-10-20(33-18)16-6-4-7-17(11-16)24(30)31/h3-12H,13H2,1-2H3,(H,26,28)(H,30,31)/b21-12+. The number of nitrogens with zero attached hydrogens (tertiary/aromatic N) is 1. The third kappa shape index (κ3) is 4.79. The second-order valence-corrected chi connectivity index (χ2v) is 8.64. The smallest absolute Gasteiger partial charge is 0.335 e. The average Bonchev–Trinajstić information content (AvgIpc) is 3.37. The van der Waals surface area contributed by atoms with Crippen LogP contribution in [0.1, 0.15) is 27.2 Å². The zero-order chi connectivity index (χ0) is 24.4. The summed E-state index contributed by atoms with van der Waals surface area (Å²) in [5, 5.41) is 11.4. The van der Waals surface area contributed by atoms with Crippen molar-refractivity contribution in [1.29, 1.82) is 0 Å². The number of hydrogen-bond donors (Lipinski definition) is 2. The summed E-state index contributed by atoms with van der Waals surface area (Å²) in [4.78, 5) is 49.8. The molecule has 0 saturated carbocycles. The number of amides is 3. The number of anilines is 1. The molecule has 1 aliphatic rings. The zero-order valence-corrected chi connectivity index (χ0v) is 19.1. The fraction of sp³-hybridized carbons (Fsp3) is 0.120. The highest BCUT2D eigenvalue weighted by Crippen LogP contribution is 2.33. The van der Waals surface area contributed by atoms with Crippen LogP contribution >= 0.6 is 11.8 Å². The van der Waals surface area contributed by atoms with Crippen LogP contribution in [0.2, 0.25) is 0 Å². The van der Waals surface area contributed by atoms with Crippen LogP contribution in [0.15, 0.2) is 63.9 Å². The number of aryl methyl sites for hydroxylation is 1. The second kappa shape index (κ2) is 9.40. The number of rotatable bonds is 6. The minimum atomic E-state index is -1.05. The number of aromatic carboxylic acids is 1. The number of hydrogen-bond acceptors (Lipinski definition) is 6. The third-order valence-electron chi connectivity index (χ3n) is 5.35. The molecule has 1 saturated heterocycles. The van der Waals surface area contributed by atoms with Crippen LogP contribution in [0.3, 0.4) is 0 Å². The van der Waals surface area contributed by atoms with Gasteiger partial charge in [-0.1, -0.05) is 24.3 Å². The van der Waals surface area contributed by atoms with Gasteiger partial charge in [0.15, 0.2) is 0 Å². The minimum absolute atomic E-state index is 0.121. The largest absolute Gasteiger partial charge is 0.478 e. The van der Waals surface area contributed by atoms with Gasteiger partial charge in [0.25, 0.3) is 11.1 Å². The van der Waals surface area contributed by atoms with E-state index in [0.29, 0.717) is 22.8 Å². The van der Waals surface area contributed by atoms with Crippen molar-refractivity contribution in [2.45, 2.75) is 13.8 Å². The normalized spacial score (nSPS) is 14.6. The molecule has 1 aromatic heterocycles. The second-order valence-electron chi connectivity index (χ2n) is 7.65. The maximum absolute atomic E-state index is 12.8. The Balaban J connectivity index is 1.47. The lowest BCUT2D eigenvalue weighted by Crippen LogP contribution is -2.36. The Morgan fingerprint density at radius 3 is 2.62 bits per heavy atom. The number of carbonyl (C=O) groups is 4. The van der Waals surface area contributed by atoms with Gasteiger partial charge in [0.2, 0.25) is 5.91 Å². The van der Waals surface area contributed by atoms with Crippen LogP contribution in [0.5, 0.6) is 0 Å². The molecule has 0 radical (unpaired) electrons. The number of carbonyl (C=O) groups excluding carboxylic acids is 3. The zero-order valence-electron chi connectivity index (χ0n) is 18.3. The van der Waals surface area contributed by atoms with Gasteiger partial charge < -0.3 is 14.8 Å². The Bertz CT molecular complexity index is 1360. The molecule has 0 bridgehead atoms. The van der Waals surface area contributed by atoms with Crippen molar-refractivity contribution in [3.63, 3.8) is 0 Å². The monoisotopic (exact) mass is 476 g/mol. The first-order valence-electron chi connectivity index (χ1n) is 10.3. The van der Waals surface area contributed by atoms with Crippen molar-refractivity contribution in [2.75, 3.05) is 11.9 Å². The van der Waals surface area contributed by atoms with E-state index < -0.39 is 29.6 Å². The van der Waals surface area contributed by atoms with Crippen LogP contribution in [0.25, 0.3) is 17.4 Å². The van der Waals surface area contributed by atoms with Gasteiger partial charge in [0.05, 0.1) is 10.5 Å². The Hall–Kier alpha value is -4.11. The number of carboxylic acids is 1. The molecule has 1 fully saturated rings. The van der Waals surface area contributed by atoms with Crippen molar-refractivity contribution in [3.05, 3.63) is 82.0 Å². The van der Waals surface area contributed by atoms with Gasteiger partial charge in [-0.05, 0) is 67.1 Å². The first-order valence-corrected chi connectivity index (χ1v) is 11.1. The van der Waals surface area contributed by atoms with Gasteiger partial charge in [-0.25, -0.2) is 4.79 Å². The molecule has 9 heteroatoms. The molecule has 0 spiro atoms. The van der Waals surface area contributed by atoms with Gasteiger partial charge in [0, 0.05) is 17.3 Å². The molecular weight excluding hydrogens is 456 g/mol. The molecular formula is C25H20N2O6S. The van der Waals surface area contributed by atoms with E-state index in [-0.39, 0.29) is 10.5 Å². The first-order chi connectivity index (χ1) is 16.2. The molecule has 4 rings (SSSR count). The lowest BCUT2D eigenvalue weighted by molar-refractivity contribution is -0.127. The number of thioether (sulfide) groups is 1. The molecule has 3 amide bonds. The summed E-state index contributed by atoms with van der Waals surface area (Å²) in [5.74, 6) is -1.38. The van der Waals surface area contributed by atoms with E-state index in [0.717, 1.165) is 27.8 Å². The Kier molecular flexibility index (Phi) is 6.38. The van der Waals surface area contributed by atoms with Crippen LogP contribution < -0.4 is 5.32 Å². The number of carboxylic acid groups (broad SMARTS) is 1. The fourth-order valence-corrected chi connectivity index (χ4v) is 4.19. The number of benzene rings is 2. The van der Waals surface area contributed by atoms with Gasteiger partial charge >= 0.3 is 5.97 Å². The molecule has 3 aromatic rings. The highest BCUT2D eigenvalue weighted by Gasteiger charge is 2.36. The molecule has 0 unspecified atom stereocenters. The molecule has 34 heavy (non-hydrogen) atoms. The molecule has 2 aromatic carbocycles. The topological polar surface area (TPSA) is 117 Å². The molecule has 8 nitrogen and oxygen atoms in total. The summed E-state index contributed by atoms with van der Waals surface area (Å²) in [6.07, 6.45) is 1.43. The fourth-order valence-electron chi connectivity index (χ4n) is 3.38. The maximum atomic E-state index is 12.8. The van der Waals surface area contributed by atoms with Crippen LogP contribution in [0.4, 0.5) is 10.5 Å². The van der Waals surface area contributed by atoms with Crippen molar-refractivity contribution < 1.29 is 28.7 Å². The Morgan fingerprint density at radius 1 is 1.09 bits per heavy atom. The highest BCUT2D eigenvalue weighted by atomic mass is 32.2. The Morgan fingerprint density at radius 2 is 1.85 bits per heavy atom. The summed E-state index contributed by atoms with van der Waals surface area (Å²) < 4.78 is 5.73. The van der Waals surface area contributed by atoms with Crippen LogP contribution in [-0.2, 0) is 9.59 Å². The molecule has 2 N–H and O–H groups in total. The summed E-state index contributed by atoms with van der Waals surface area (Å²) in [5.41, 5.74) is 3.24. The highest BCUT2D eigenvalue weighted by molar-refractivity contribution is 8.18. The quantitative estimate of drug-likeness (QED) is 0.484. The van der Waals surface area contributed by atoms with E-state index in [2.05, 4.69) is 5.32 Å². The summed E-state index contributed by atoms with van der Waals surface area (Å²) in [6.45, 7) is 3.40. The Labute approximate surface area is 199 Å². The summed E-state index contributed by atoms with van der Waals surface area (Å²) in [7, 11) is 0. The SMILES string of the molecule is Cc1cccc(NC(=O)CN2C(=O)S/C(=C/c3ccc(-c4cccc(C(=O)O)c4)o3)C2=O)c1C. The molecule has 0 atom stereocenters. The third-order valence-corrected chi connectivity index (χ3v) is 6.26. The van der Waals surface area contributed by atoms with Gasteiger partial charge in [-0.2, -0.15) is 0 Å². The summed E-state index contributed by atoms with van der Waals surface area (Å²) >= 11 is 0.723. The summed E-state index contributed by atoms with van der Waals surface area (Å²) in [6, 6.07) is 15.0. The van der Waals surface area contributed by atoms with E-state index in [1.54, 1.807) is 30.3 Å². The number of imide groups is 1. The van der Waals surface area contributed by atoms with E-state index in [1.807, 2.05) is 26.0 Å². The average molecular weight is 477 g/mol. The van der Waals surface area contributed by atoms with E-state index in [1.165, 1.54) is 18.2 Å². The molecule has 1 aliphatic heterocycles. The lowest BCUT2D eigenvalue weighted by atomic mass is 10.1.